The fraction of sp³-hybridized carbons (Fsp3) is 0.143. The molecule has 0 saturated carbocycles. The van der Waals surface area contributed by atoms with Crippen molar-refractivity contribution < 1.29 is 14.2 Å². The Hall–Kier alpha value is -11.4. The summed E-state index contributed by atoms with van der Waals surface area (Å²) in [7, 11) is 0. The topological polar surface area (TPSA) is 30.9 Å². The number of allylic oxidation sites excluding steroid dienone is 5. The first kappa shape index (κ1) is 62.6. The quantitative estimate of drug-likeness (QED) is 0.151. The Labute approximate surface area is 609 Å². The van der Waals surface area contributed by atoms with Crippen molar-refractivity contribution in [1.82, 2.24) is 0 Å². The highest BCUT2D eigenvalue weighted by Crippen LogP contribution is 2.63. The molecule has 6 aliphatic rings. The van der Waals surface area contributed by atoms with Gasteiger partial charge in [0.05, 0.1) is 5.41 Å². The smallest absolute Gasteiger partial charge is 0.178 e. The average Bonchev–Trinajstić information content (AvgIpc) is 1.62. The molecular formula is C98H77NO3S. The molecule has 0 atom stereocenters. The van der Waals surface area contributed by atoms with Crippen LogP contribution in [0.25, 0.3) is 55.6 Å². The van der Waals surface area contributed by atoms with E-state index in [0.717, 1.165) is 84.6 Å². The molecule has 19 rings (SSSR count). The van der Waals surface area contributed by atoms with Gasteiger partial charge in [-0.3, -0.25) is 0 Å². The number of hydrogen-bond donors (Lipinski definition) is 0. The molecular weight excluding hydrogens is 1270 g/mol. The predicted octanol–water partition coefficient (Wildman–Crippen LogP) is 26.1. The minimum atomic E-state index is -0.657. The lowest BCUT2D eigenvalue weighted by molar-refractivity contribution is 0.361. The summed E-state index contributed by atoms with van der Waals surface area (Å²) >= 11 is 1.95. The summed E-state index contributed by atoms with van der Waals surface area (Å²) in [5, 5.41) is 0. The lowest BCUT2D eigenvalue weighted by atomic mass is 9.63. The van der Waals surface area contributed by atoms with E-state index in [4.69, 9.17) is 20.8 Å². The van der Waals surface area contributed by atoms with Crippen LogP contribution in [0.4, 0.5) is 17.1 Å². The van der Waals surface area contributed by atoms with Gasteiger partial charge in [0.2, 0.25) is 0 Å². The van der Waals surface area contributed by atoms with Crippen LogP contribution in [-0.2, 0) is 33.5 Å². The number of ether oxygens (including phenoxy) is 3. The molecule has 4 nitrogen and oxygen atoms in total. The molecule has 0 saturated heterocycles. The fourth-order valence-electron chi connectivity index (χ4n) is 18.3. The molecule has 0 amide bonds. The van der Waals surface area contributed by atoms with Crippen molar-refractivity contribution in [2.45, 2.75) is 98.7 Å². The molecule has 0 bridgehead atoms. The van der Waals surface area contributed by atoms with Crippen LogP contribution in [0, 0.1) is 0 Å². The second kappa shape index (κ2) is 23.1. The summed E-state index contributed by atoms with van der Waals surface area (Å²) < 4.78 is 21.4. The van der Waals surface area contributed by atoms with Gasteiger partial charge in [-0.2, -0.15) is 0 Å². The van der Waals surface area contributed by atoms with Crippen LogP contribution in [0.3, 0.4) is 0 Å². The van der Waals surface area contributed by atoms with Gasteiger partial charge in [0.1, 0.15) is 11.5 Å². The number of benzene rings is 13. The van der Waals surface area contributed by atoms with Gasteiger partial charge in [0.25, 0.3) is 0 Å². The van der Waals surface area contributed by atoms with Crippen molar-refractivity contribution in [3.8, 4) is 84.4 Å². The van der Waals surface area contributed by atoms with E-state index in [1.807, 2.05) is 17.8 Å². The van der Waals surface area contributed by atoms with Gasteiger partial charge in [0, 0.05) is 88.3 Å². The molecule has 13 aromatic carbocycles. The maximum Gasteiger partial charge on any atom is 0.178 e. The molecule has 0 unspecified atom stereocenters. The first-order chi connectivity index (χ1) is 50.0. The van der Waals surface area contributed by atoms with Gasteiger partial charge < -0.3 is 19.1 Å². The number of anilines is 3. The van der Waals surface area contributed by atoms with Crippen molar-refractivity contribution in [2.24, 2.45) is 0 Å². The SMILES string of the molecule is C=C1/C=C\C2=C(Cc3ccccc3C1(c1ccccc1)c1ccccc1)Oc1c(-c3ccc(N(c4ccc(-c5cccc6c5Oc5c(ccc7c5-c5ccccc5C7(C)C)O6)cc4)c4ccc(-c5cccc6c5Sc5c(ccc7c5-c5ccccc5C7(C)C)C6(C)C)cc4)cc3)cccc1C2(C)C. The van der Waals surface area contributed by atoms with Crippen LogP contribution in [0.2, 0.25) is 0 Å². The molecule has 0 aromatic heterocycles. The zero-order valence-corrected chi connectivity index (χ0v) is 60.1. The number of rotatable bonds is 8. The third-order valence-electron chi connectivity index (χ3n) is 23.6. The van der Waals surface area contributed by atoms with E-state index in [1.165, 1.54) is 93.2 Å². The second-order valence-corrected chi connectivity index (χ2v) is 31.7. The van der Waals surface area contributed by atoms with Crippen molar-refractivity contribution in [1.29, 1.82) is 0 Å². The number of fused-ring (bicyclic) bond motifs is 14. The van der Waals surface area contributed by atoms with Gasteiger partial charge in [0.15, 0.2) is 23.0 Å². The van der Waals surface area contributed by atoms with Crippen LogP contribution < -0.4 is 19.1 Å². The Morgan fingerprint density at radius 2 is 0.767 bits per heavy atom. The van der Waals surface area contributed by atoms with E-state index >= 15 is 0 Å². The minimum Gasteiger partial charge on any atom is -0.460 e. The minimum absolute atomic E-state index is 0.0924. The first-order valence-electron chi connectivity index (χ1n) is 36.1. The lowest BCUT2D eigenvalue weighted by Gasteiger charge is -2.38. The lowest BCUT2D eigenvalue weighted by Crippen LogP contribution is -2.32. The maximum absolute atomic E-state index is 7.50. The summed E-state index contributed by atoms with van der Waals surface area (Å²) in [5.41, 5.74) is 29.1. The highest BCUT2D eigenvalue weighted by Gasteiger charge is 2.46. The zero-order chi connectivity index (χ0) is 69.9. The van der Waals surface area contributed by atoms with Gasteiger partial charge >= 0.3 is 0 Å². The van der Waals surface area contributed by atoms with Crippen LogP contribution in [0.5, 0.6) is 28.7 Å². The van der Waals surface area contributed by atoms with Gasteiger partial charge in [-0.05, 0) is 143 Å². The molecule has 103 heavy (non-hydrogen) atoms. The largest absolute Gasteiger partial charge is 0.460 e. The van der Waals surface area contributed by atoms with Crippen LogP contribution >= 0.6 is 11.8 Å². The predicted molar refractivity (Wildman–Crippen MR) is 424 cm³/mol. The summed E-state index contributed by atoms with van der Waals surface area (Å²) in [6.07, 6.45) is 5.14. The highest BCUT2D eigenvalue weighted by atomic mass is 32.2. The maximum atomic E-state index is 7.50. The Bertz CT molecular complexity index is 5730. The molecule has 3 aliphatic heterocycles. The summed E-state index contributed by atoms with van der Waals surface area (Å²) in [6, 6.07) is 105. The average molecular weight is 1350 g/mol. The first-order valence-corrected chi connectivity index (χ1v) is 36.9. The fourth-order valence-corrected chi connectivity index (χ4v) is 19.9. The molecule has 3 heterocycles. The third-order valence-corrected chi connectivity index (χ3v) is 24.9. The Morgan fingerprint density at radius 1 is 0.320 bits per heavy atom. The number of hydrogen-bond acceptors (Lipinski definition) is 5. The standard InChI is InChI=1S/C98H77NO3S/c1-60-41-54-78-86(59-64-25-16-19-35-75(64)98(60,65-26-12-10-13-27-65)66-28-14-11-15-29-66)101-89-70(32-22-38-81(89)96(78,6)7)61-42-48-67(49-43-61)99(68-50-44-62(45-51-68)71-33-24-40-84-90(71)102-91-85(100-84)58-57-79-87(91)73-30-17-20-36-76(73)94(79,2)3)69-52-46-63(47-53-69)72-34-23-39-82-92(72)103-93-83(97(82,8)9)56-55-80-88(93)74-31-18-21-37-77(74)95(80,4)5/h10-58H,1,59H2,2-9H3/b54-41-. The number of para-hydroxylation sites is 2. The molecule has 0 spiro atoms. The van der Waals surface area contributed by atoms with E-state index in [2.05, 4.69) is 351 Å². The molecule has 5 heteroatoms. The molecule has 498 valence electrons. The van der Waals surface area contributed by atoms with Crippen molar-refractivity contribution >= 4 is 28.8 Å². The Balaban J connectivity index is 0.697. The highest BCUT2D eigenvalue weighted by molar-refractivity contribution is 7.99. The summed E-state index contributed by atoms with van der Waals surface area (Å²) in [5.74, 6) is 4.71. The number of nitrogens with zero attached hydrogens (tertiary/aromatic N) is 1. The summed E-state index contributed by atoms with van der Waals surface area (Å²) in [4.78, 5) is 5.07. The van der Waals surface area contributed by atoms with Crippen molar-refractivity contribution in [3.63, 3.8) is 0 Å². The van der Waals surface area contributed by atoms with E-state index < -0.39 is 10.8 Å². The molecule has 3 aliphatic carbocycles. The second-order valence-electron chi connectivity index (χ2n) is 30.7. The van der Waals surface area contributed by atoms with Crippen LogP contribution in [-0.4, -0.2) is 0 Å². The molecule has 13 aromatic rings. The molecule has 0 N–H and O–H groups in total. The van der Waals surface area contributed by atoms with Crippen LogP contribution in [0.1, 0.15) is 117 Å². The van der Waals surface area contributed by atoms with Crippen molar-refractivity contribution in [2.75, 3.05) is 4.90 Å². The monoisotopic (exact) mass is 1350 g/mol. The third kappa shape index (κ3) is 9.30. The molecule has 0 fully saturated rings. The van der Waals surface area contributed by atoms with Gasteiger partial charge in [-0.25, -0.2) is 0 Å². The molecule has 0 radical (unpaired) electrons. The van der Waals surface area contributed by atoms with Crippen molar-refractivity contribution in [3.05, 3.63) is 382 Å². The Kier molecular flexibility index (Phi) is 14.0. The summed E-state index contributed by atoms with van der Waals surface area (Å²) in [6.45, 7) is 23.8. The van der Waals surface area contributed by atoms with E-state index in [-0.39, 0.29) is 16.2 Å². The van der Waals surface area contributed by atoms with E-state index in [9.17, 15) is 0 Å². The van der Waals surface area contributed by atoms with Gasteiger partial charge in [-0.1, -0.05) is 322 Å². The van der Waals surface area contributed by atoms with E-state index in [0.29, 0.717) is 17.9 Å². The van der Waals surface area contributed by atoms with Crippen LogP contribution in [0.15, 0.2) is 331 Å². The van der Waals surface area contributed by atoms with E-state index in [1.54, 1.807) is 0 Å². The van der Waals surface area contributed by atoms with Gasteiger partial charge in [-0.15, -0.1) is 0 Å². The normalized spacial score (nSPS) is 16.8. The Morgan fingerprint density at radius 3 is 1.39 bits per heavy atom. The zero-order valence-electron chi connectivity index (χ0n) is 59.3.